The molecule has 1 heterocycles. The van der Waals surface area contributed by atoms with Crippen LogP contribution in [0.1, 0.15) is 32.3 Å². The normalized spacial score (nSPS) is 17.1. The summed E-state index contributed by atoms with van der Waals surface area (Å²) in [6, 6.07) is 0. The average molecular weight is 274 g/mol. The fourth-order valence-corrected chi connectivity index (χ4v) is 2.01. The van der Waals surface area contributed by atoms with Gasteiger partial charge in [-0.05, 0) is 26.2 Å². The maximum absolute atomic E-state index is 12.9. The Hall–Kier alpha value is -1.53. The van der Waals surface area contributed by atoms with Gasteiger partial charge in [0.25, 0.3) is 0 Å². The number of halogens is 3. The van der Waals surface area contributed by atoms with Crippen LogP contribution in [0, 0.1) is 0 Å². The lowest BCUT2D eigenvalue weighted by Gasteiger charge is -2.23. The van der Waals surface area contributed by atoms with Crippen LogP contribution >= 0.6 is 0 Å². The fraction of sp³-hybridized carbons (Fsp3) is 0.667. The van der Waals surface area contributed by atoms with Crippen LogP contribution in [0.5, 0.6) is 0 Å². The van der Waals surface area contributed by atoms with Gasteiger partial charge in [-0.2, -0.15) is 13.2 Å². The molecule has 7 heteroatoms. The molecule has 2 N–H and O–H groups in total. The Labute approximate surface area is 109 Å². The number of nitrogens with one attached hydrogen (secondary N) is 2. The van der Waals surface area contributed by atoms with E-state index in [1.54, 1.807) is 0 Å². The standard InChI is InChI=1S/C12H17F3N4/c1-3-8-9(16-4-2)17-7-18-10(8)19-11(5-6-11)12(13,14)15/h7H,3-6H2,1-2H3,(H2,16,17,18,19). The van der Waals surface area contributed by atoms with Gasteiger partial charge in [-0.1, -0.05) is 6.92 Å². The zero-order valence-electron chi connectivity index (χ0n) is 10.9. The van der Waals surface area contributed by atoms with Gasteiger partial charge in [0.15, 0.2) is 0 Å². The summed E-state index contributed by atoms with van der Waals surface area (Å²) in [4.78, 5) is 8.04. The van der Waals surface area contributed by atoms with E-state index < -0.39 is 11.7 Å². The molecule has 0 bridgehead atoms. The van der Waals surface area contributed by atoms with Crippen LogP contribution in [0.25, 0.3) is 0 Å². The molecule has 0 radical (unpaired) electrons. The first kappa shape index (κ1) is 13.9. The van der Waals surface area contributed by atoms with E-state index in [1.807, 2.05) is 13.8 Å². The molecule has 0 saturated heterocycles. The summed E-state index contributed by atoms with van der Waals surface area (Å²) in [7, 11) is 0. The summed E-state index contributed by atoms with van der Waals surface area (Å²) in [6.45, 7) is 4.44. The van der Waals surface area contributed by atoms with Crippen LogP contribution in [-0.2, 0) is 6.42 Å². The van der Waals surface area contributed by atoms with Gasteiger partial charge in [0, 0.05) is 12.1 Å². The molecule has 4 nitrogen and oxygen atoms in total. The maximum atomic E-state index is 12.9. The van der Waals surface area contributed by atoms with Gasteiger partial charge in [0.1, 0.15) is 23.5 Å². The number of hydrogen-bond donors (Lipinski definition) is 2. The predicted octanol–water partition coefficient (Wildman–Crippen LogP) is 2.98. The largest absolute Gasteiger partial charge is 0.411 e. The quantitative estimate of drug-likeness (QED) is 0.866. The van der Waals surface area contributed by atoms with Gasteiger partial charge in [0.05, 0.1) is 0 Å². The van der Waals surface area contributed by atoms with Gasteiger partial charge in [0.2, 0.25) is 0 Å². The third-order valence-corrected chi connectivity index (χ3v) is 3.29. The van der Waals surface area contributed by atoms with E-state index in [2.05, 4.69) is 20.6 Å². The topological polar surface area (TPSA) is 49.8 Å². The van der Waals surface area contributed by atoms with Gasteiger partial charge < -0.3 is 10.6 Å². The molecule has 0 spiro atoms. The first-order chi connectivity index (χ1) is 8.93. The molecule has 1 saturated carbocycles. The molecule has 1 aliphatic carbocycles. The highest BCUT2D eigenvalue weighted by atomic mass is 19.4. The highest BCUT2D eigenvalue weighted by Gasteiger charge is 2.63. The van der Waals surface area contributed by atoms with Gasteiger partial charge >= 0.3 is 6.18 Å². The monoisotopic (exact) mass is 274 g/mol. The van der Waals surface area contributed by atoms with Gasteiger partial charge in [-0.15, -0.1) is 0 Å². The maximum Gasteiger partial charge on any atom is 0.411 e. The highest BCUT2D eigenvalue weighted by Crippen LogP contribution is 2.51. The van der Waals surface area contributed by atoms with Crippen molar-refractivity contribution in [2.75, 3.05) is 17.2 Å². The number of nitrogens with zero attached hydrogens (tertiary/aromatic N) is 2. The lowest BCUT2D eigenvalue weighted by atomic mass is 10.2. The van der Waals surface area contributed by atoms with E-state index >= 15 is 0 Å². The van der Waals surface area contributed by atoms with Crippen LogP contribution in [-0.4, -0.2) is 28.2 Å². The van der Waals surface area contributed by atoms with Gasteiger partial charge in [-0.3, -0.25) is 0 Å². The Morgan fingerprint density at radius 2 is 1.84 bits per heavy atom. The van der Waals surface area contributed by atoms with Crippen LogP contribution in [0.4, 0.5) is 24.8 Å². The lowest BCUT2D eigenvalue weighted by molar-refractivity contribution is -0.151. The Morgan fingerprint density at radius 1 is 1.21 bits per heavy atom. The second-order valence-corrected chi connectivity index (χ2v) is 4.64. The summed E-state index contributed by atoms with van der Waals surface area (Å²) >= 11 is 0. The first-order valence-electron chi connectivity index (χ1n) is 6.36. The summed E-state index contributed by atoms with van der Waals surface area (Å²) < 4.78 is 38.8. The van der Waals surface area contributed by atoms with Gasteiger partial charge in [-0.25, -0.2) is 9.97 Å². The predicted molar refractivity (Wildman–Crippen MR) is 67.2 cm³/mol. The van der Waals surface area contributed by atoms with E-state index in [-0.39, 0.29) is 18.7 Å². The molecule has 2 rings (SSSR count). The molecule has 106 valence electrons. The zero-order valence-corrected chi connectivity index (χ0v) is 10.9. The molecule has 0 aliphatic heterocycles. The van der Waals surface area contributed by atoms with Crippen molar-refractivity contribution in [3.05, 3.63) is 11.9 Å². The van der Waals surface area contributed by atoms with Crippen molar-refractivity contribution < 1.29 is 13.2 Å². The third kappa shape index (κ3) is 2.59. The van der Waals surface area contributed by atoms with Crippen LogP contribution < -0.4 is 10.6 Å². The molecule has 1 aromatic rings. The molecule has 0 amide bonds. The number of hydrogen-bond acceptors (Lipinski definition) is 4. The van der Waals surface area contributed by atoms with E-state index in [0.717, 1.165) is 0 Å². The molecule has 1 aliphatic rings. The first-order valence-corrected chi connectivity index (χ1v) is 6.36. The number of anilines is 2. The van der Waals surface area contributed by atoms with Crippen molar-refractivity contribution in [2.45, 2.75) is 44.8 Å². The minimum Gasteiger partial charge on any atom is -0.370 e. The van der Waals surface area contributed by atoms with Crippen molar-refractivity contribution in [3.63, 3.8) is 0 Å². The lowest BCUT2D eigenvalue weighted by Crippen LogP contribution is -2.39. The summed E-state index contributed by atoms with van der Waals surface area (Å²) in [6.07, 6.45) is -2.20. The van der Waals surface area contributed by atoms with Crippen LogP contribution in [0.15, 0.2) is 6.33 Å². The summed E-state index contributed by atoms with van der Waals surface area (Å²) in [5.41, 5.74) is -1.10. The van der Waals surface area contributed by atoms with Crippen molar-refractivity contribution >= 4 is 11.6 Å². The number of rotatable bonds is 5. The SMILES string of the molecule is CCNc1ncnc(NC2(C(F)(F)F)CC2)c1CC. The molecule has 0 aromatic carbocycles. The molecule has 0 unspecified atom stereocenters. The van der Waals surface area contributed by atoms with Crippen molar-refractivity contribution in [2.24, 2.45) is 0 Å². The summed E-state index contributed by atoms with van der Waals surface area (Å²) in [5, 5.41) is 5.61. The van der Waals surface area contributed by atoms with Crippen LogP contribution in [0.2, 0.25) is 0 Å². The highest BCUT2D eigenvalue weighted by molar-refractivity contribution is 5.59. The second-order valence-electron chi connectivity index (χ2n) is 4.64. The summed E-state index contributed by atoms with van der Waals surface area (Å²) in [5.74, 6) is 0.878. The molecule has 1 fully saturated rings. The molecule has 19 heavy (non-hydrogen) atoms. The molecular weight excluding hydrogens is 257 g/mol. The minimum absolute atomic E-state index is 0.0974. The Morgan fingerprint density at radius 3 is 2.32 bits per heavy atom. The Bertz CT molecular complexity index is 455. The van der Waals surface area contributed by atoms with Crippen LogP contribution in [0.3, 0.4) is 0 Å². The Kier molecular flexibility index (Phi) is 3.56. The van der Waals surface area contributed by atoms with E-state index in [9.17, 15) is 13.2 Å². The zero-order chi connectivity index (χ0) is 14.1. The number of alkyl halides is 3. The average Bonchev–Trinajstić information content (AvgIpc) is 3.10. The van der Waals surface area contributed by atoms with Crippen molar-refractivity contribution in [3.8, 4) is 0 Å². The van der Waals surface area contributed by atoms with Crippen molar-refractivity contribution in [1.29, 1.82) is 0 Å². The van der Waals surface area contributed by atoms with E-state index in [4.69, 9.17) is 0 Å². The number of aromatic nitrogens is 2. The van der Waals surface area contributed by atoms with Crippen molar-refractivity contribution in [1.82, 2.24) is 9.97 Å². The fourth-order valence-electron chi connectivity index (χ4n) is 2.01. The molecule has 0 atom stereocenters. The minimum atomic E-state index is -4.25. The molecule has 1 aromatic heterocycles. The van der Waals surface area contributed by atoms with E-state index in [0.29, 0.717) is 24.3 Å². The third-order valence-electron chi connectivity index (χ3n) is 3.29. The smallest absolute Gasteiger partial charge is 0.370 e. The Balaban J connectivity index is 2.28. The molecular formula is C12H17F3N4. The van der Waals surface area contributed by atoms with E-state index in [1.165, 1.54) is 6.33 Å². The second kappa shape index (κ2) is 4.86.